The van der Waals surface area contributed by atoms with E-state index in [0.29, 0.717) is 6.42 Å². The fourth-order valence-corrected chi connectivity index (χ4v) is 4.64. The van der Waals surface area contributed by atoms with Crippen LogP contribution in [0.1, 0.15) is 18.9 Å². The van der Waals surface area contributed by atoms with Gasteiger partial charge in [-0.05, 0) is 40.9 Å². The summed E-state index contributed by atoms with van der Waals surface area (Å²) in [6.45, 7) is 3.46. The molecule has 0 amide bonds. The summed E-state index contributed by atoms with van der Waals surface area (Å²) < 4.78 is 27.3. The molecule has 0 aliphatic heterocycles. The number of rotatable bonds is 5. The molecule has 1 aromatic heterocycles. The average Bonchev–Trinajstić information content (AvgIpc) is 2.56. The van der Waals surface area contributed by atoms with Crippen molar-refractivity contribution in [3.63, 3.8) is 0 Å². The quantitative estimate of drug-likeness (QED) is 0.867. The Morgan fingerprint density at radius 1 is 1.62 bits per heavy atom. The van der Waals surface area contributed by atoms with Crippen LogP contribution in [0.5, 0.6) is 0 Å². The summed E-state index contributed by atoms with van der Waals surface area (Å²) in [5, 5.41) is 8.96. The van der Waals surface area contributed by atoms with E-state index >= 15 is 0 Å². The molecule has 0 saturated heterocycles. The Hall–Kier alpha value is 0.0500. The molecule has 0 aliphatic rings. The minimum Gasteiger partial charge on any atom is -0.395 e. The Labute approximate surface area is 108 Å². The summed E-state index contributed by atoms with van der Waals surface area (Å²) in [6, 6.07) is 1.19. The molecule has 16 heavy (non-hydrogen) atoms. The van der Waals surface area contributed by atoms with Crippen LogP contribution in [-0.2, 0) is 10.0 Å². The van der Waals surface area contributed by atoms with Crippen molar-refractivity contribution in [3.05, 3.63) is 15.4 Å². The fraction of sp³-hybridized carbons (Fsp3) is 0.556. The molecule has 0 fully saturated rings. The van der Waals surface area contributed by atoms with Crippen molar-refractivity contribution in [2.75, 3.05) is 6.61 Å². The molecule has 0 radical (unpaired) electrons. The van der Waals surface area contributed by atoms with E-state index in [0.717, 1.165) is 9.35 Å². The van der Waals surface area contributed by atoms with Crippen molar-refractivity contribution in [1.29, 1.82) is 0 Å². The highest BCUT2D eigenvalue weighted by atomic mass is 79.9. The topological polar surface area (TPSA) is 66.4 Å². The summed E-state index contributed by atoms with van der Waals surface area (Å²) >= 11 is 4.45. The maximum absolute atomic E-state index is 11.9. The number of thiophene rings is 1. The molecule has 1 atom stereocenters. The highest BCUT2D eigenvalue weighted by molar-refractivity contribution is 9.11. The molecule has 1 rings (SSSR count). The number of aliphatic hydroxyl groups is 1. The van der Waals surface area contributed by atoms with Crippen LogP contribution in [0.4, 0.5) is 0 Å². The van der Waals surface area contributed by atoms with Crippen LogP contribution in [0.15, 0.2) is 14.1 Å². The van der Waals surface area contributed by atoms with Crippen LogP contribution < -0.4 is 4.72 Å². The van der Waals surface area contributed by atoms with Gasteiger partial charge in [-0.1, -0.05) is 6.92 Å². The van der Waals surface area contributed by atoms with Gasteiger partial charge >= 0.3 is 0 Å². The van der Waals surface area contributed by atoms with Gasteiger partial charge in [-0.3, -0.25) is 0 Å². The third kappa shape index (κ3) is 3.27. The summed E-state index contributed by atoms with van der Waals surface area (Å²) in [4.78, 5) is 0. The van der Waals surface area contributed by atoms with Crippen molar-refractivity contribution in [3.8, 4) is 0 Å². The van der Waals surface area contributed by atoms with Crippen molar-refractivity contribution in [2.24, 2.45) is 0 Å². The second-order valence-electron chi connectivity index (χ2n) is 3.43. The molecule has 0 spiro atoms. The van der Waals surface area contributed by atoms with Crippen molar-refractivity contribution >= 4 is 37.3 Å². The second-order valence-corrected chi connectivity index (χ2v) is 7.74. The van der Waals surface area contributed by atoms with Crippen LogP contribution in [0.2, 0.25) is 0 Å². The SMILES string of the molecule is CC[C@H](CO)NS(=O)(=O)c1cc(C)c(Br)s1. The molecule has 4 nitrogen and oxygen atoms in total. The maximum Gasteiger partial charge on any atom is 0.250 e. The lowest BCUT2D eigenvalue weighted by atomic mass is 10.3. The number of halogens is 1. The molecule has 0 bridgehead atoms. The van der Waals surface area contributed by atoms with E-state index in [2.05, 4.69) is 20.7 Å². The minimum absolute atomic E-state index is 0.193. The molecular weight excluding hydrogens is 314 g/mol. The monoisotopic (exact) mass is 327 g/mol. The van der Waals surface area contributed by atoms with Gasteiger partial charge in [0.25, 0.3) is 0 Å². The molecule has 1 heterocycles. The number of aliphatic hydroxyl groups excluding tert-OH is 1. The van der Waals surface area contributed by atoms with E-state index in [4.69, 9.17) is 5.11 Å². The van der Waals surface area contributed by atoms with Crippen LogP contribution in [-0.4, -0.2) is 26.2 Å². The molecule has 0 aliphatic carbocycles. The highest BCUT2D eigenvalue weighted by Crippen LogP contribution is 2.30. The first-order valence-corrected chi connectivity index (χ1v) is 7.89. The zero-order valence-electron chi connectivity index (χ0n) is 9.03. The van der Waals surface area contributed by atoms with E-state index in [-0.39, 0.29) is 10.8 Å². The van der Waals surface area contributed by atoms with Gasteiger partial charge in [0.05, 0.1) is 10.4 Å². The molecular formula is C9H14BrNO3S2. The number of hydrogen-bond donors (Lipinski definition) is 2. The standard InChI is InChI=1S/C9H14BrNO3S2/c1-3-7(5-12)11-16(13,14)8-4-6(2)9(10)15-8/h4,7,11-12H,3,5H2,1-2H3/t7-/m1/s1. The second kappa shape index (κ2) is 5.59. The largest absolute Gasteiger partial charge is 0.395 e. The zero-order chi connectivity index (χ0) is 12.3. The smallest absolute Gasteiger partial charge is 0.250 e. The van der Waals surface area contributed by atoms with E-state index in [1.807, 2.05) is 13.8 Å². The molecule has 92 valence electrons. The first-order chi connectivity index (χ1) is 7.40. The average molecular weight is 328 g/mol. The number of aryl methyl sites for hydroxylation is 1. The third-order valence-corrected chi connectivity index (χ3v) is 6.27. The summed E-state index contributed by atoms with van der Waals surface area (Å²) in [6.07, 6.45) is 0.557. The minimum atomic E-state index is -3.51. The van der Waals surface area contributed by atoms with Gasteiger partial charge in [0.2, 0.25) is 10.0 Å². The van der Waals surface area contributed by atoms with Gasteiger partial charge in [-0.25, -0.2) is 13.1 Å². The van der Waals surface area contributed by atoms with E-state index < -0.39 is 16.1 Å². The third-order valence-electron chi connectivity index (χ3n) is 2.13. The van der Waals surface area contributed by atoms with E-state index in [1.54, 1.807) is 6.07 Å². The van der Waals surface area contributed by atoms with Crippen molar-refractivity contribution in [2.45, 2.75) is 30.5 Å². The lowest BCUT2D eigenvalue weighted by Crippen LogP contribution is -2.36. The summed E-state index contributed by atoms with van der Waals surface area (Å²) in [5.41, 5.74) is 0.891. The van der Waals surface area contributed by atoms with Gasteiger partial charge < -0.3 is 5.11 Å². The Morgan fingerprint density at radius 3 is 2.62 bits per heavy atom. The molecule has 0 aromatic carbocycles. The fourth-order valence-electron chi connectivity index (χ4n) is 1.09. The molecule has 0 unspecified atom stereocenters. The molecule has 2 N–H and O–H groups in total. The predicted octanol–water partition coefficient (Wildman–Crippen LogP) is 1.87. The number of nitrogens with one attached hydrogen (secondary N) is 1. The van der Waals surface area contributed by atoms with Crippen LogP contribution in [0.3, 0.4) is 0 Å². The van der Waals surface area contributed by atoms with Crippen molar-refractivity contribution in [1.82, 2.24) is 4.72 Å². The predicted molar refractivity (Wildman–Crippen MR) is 68.2 cm³/mol. The lowest BCUT2D eigenvalue weighted by molar-refractivity contribution is 0.254. The van der Waals surface area contributed by atoms with Crippen LogP contribution in [0.25, 0.3) is 0 Å². The molecule has 0 saturated carbocycles. The summed E-state index contributed by atoms with van der Waals surface area (Å²) in [5.74, 6) is 0. The van der Waals surface area contributed by atoms with Crippen LogP contribution in [0, 0.1) is 6.92 Å². The normalized spacial score (nSPS) is 14.0. The Kier molecular flexibility index (Phi) is 4.93. The maximum atomic E-state index is 11.9. The zero-order valence-corrected chi connectivity index (χ0v) is 12.2. The van der Waals surface area contributed by atoms with E-state index in [1.165, 1.54) is 11.3 Å². The molecule has 1 aromatic rings. The summed E-state index contributed by atoms with van der Waals surface area (Å²) in [7, 11) is -3.51. The lowest BCUT2D eigenvalue weighted by Gasteiger charge is -2.12. The van der Waals surface area contributed by atoms with Gasteiger partial charge in [-0.15, -0.1) is 11.3 Å². The Balaban J connectivity index is 2.94. The van der Waals surface area contributed by atoms with Crippen LogP contribution >= 0.6 is 27.3 Å². The number of sulfonamides is 1. The first-order valence-electron chi connectivity index (χ1n) is 4.79. The first kappa shape index (κ1) is 14.1. The highest BCUT2D eigenvalue weighted by Gasteiger charge is 2.21. The van der Waals surface area contributed by atoms with Gasteiger partial charge in [0.1, 0.15) is 4.21 Å². The molecule has 7 heteroatoms. The Bertz CT molecular complexity index is 432. The Morgan fingerprint density at radius 2 is 2.25 bits per heavy atom. The number of hydrogen-bond acceptors (Lipinski definition) is 4. The van der Waals surface area contributed by atoms with Gasteiger partial charge in [0.15, 0.2) is 0 Å². The van der Waals surface area contributed by atoms with E-state index in [9.17, 15) is 8.42 Å². The van der Waals surface area contributed by atoms with Gasteiger partial charge in [0, 0.05) is 6.04 Å². The van der Waals surface area contributed by atoms with Crippen molar-refractivity contribution < 1.29 is 13.5 Å². The van der Waals surface area contributed by atoms with Gasteiger partial charge in [-0.2, -0.15) is 0 Å².